The second kappa shape index (κ2) is 15.1. The number of benzene rings is 10. The molecule has 2 aliphatic carbocycles. The molecule has 66 heavy (non-hydrogen) atoms. The van der Waals surface area contributed by atoms with Crippen LogP contribution in [0.2, 0.25) is 0 Å². The number of fused-ring (bicyclic) bond motifs is 7. The van der Waals surface area contributed by atoms with Crippen LogP contribution < -0.4 is 4.90 Å². The van der Waals surface area contributed by atoms with Gasteiger partial charge in [0, 0.05) is 22.3 Å². The molecule has 2 nitrogen and oxygen atoms in total. The van der Waals surface area contributed by atoms with E-state index in [-0.39, 0.29) is 0 Å². The van der Waals surface area contributed by atoms with Gasteiger partial charge in [-0.2, -0.15) is 0 Å². The van der Waals surface area contributed by atoms with Crippen molar-refractivity contribution in [3.05, 3.63) is 306 Å². The first kappa shape index (κ1) is 38.0. The number of furan rings is 1. The van der Waals surface area contributed by atoms with E-state index >= 15 is 0 Å². The van der Waals surface area contributed by atoms with Crippen molar-refractivity contribution in [1.82, 2.24) is 0 Å². The molecule has 0 radical (unpaired) electrons. The van der Waals surface area contributed by atoms with Crippen molar-refractivity contribution >= 4 is 28.0 Å². The van der Waals surface area contributed by atoms with E-state index < -0.39 is 10.8 Å². The van der Waals surface area contributed by atoms with Crippen LogP contribution in [0.25, 0.3) is 44.3 Å². The first-order valence-corrected chi connectivity index (χ1v) is 22.8. The first-order valence-electron chi connectivity index (χ1n) is 22.8. The van der Waals surface area contributed by atoms with Crippen LogP contribution in [0.1, 0.15) is 44.5 Å². The maximum Gasteiger partial charge on any atom is 0.133 e. The Labute approximate surface area is 385 Å². The summed E-state index contributed by atoms with van der Waals surface area (Å²) < 4.78 is 5.70. The Hall–Kier alpha value is -8.46. The van der Waals surface area contributed by atoms with E-state index in [9.17, 15) is 0 Å². The van der Waals surface area contributed by atoms with Crippen LogP contribution in [0.3, 0.4) is 0 Å². The van der Waals surface area contributed by atoms with E-state index in [0.717, 1.165) is 39.2 Å². The highest BCUT2D eigenvalue weighted by molar-refractivity contribution is 5.99. The Morgan fingerprint density at radius 2 is 0.803 bits per heavy atom. The van der Waals surface area contributed by atoms with Crippen molar-refractivity contribution in [2.45, 2.75) is 10.8 Å². The zero-order chi connectivity index (χ0) is 43.7. The molecule has 0 atom stereocenters. The molecule has 13 rings (SSSR count). The molecule has 1 heterocycles. The average molecular weight is 842 g/mol. The molecule has 0 amide bonds. The molecule has 0 N–H and O–H groups in total. The molecule has 0 aliphatic heterocycles. The van der Waals surface area contributed by atoms with Crippen molar-refractivity contribution in [2.24, 2.45) is 0 Å². The third kappa shape index (κ3) is 5.49. The minimum Gasteiger partial charge on any atom is -0.464 e. The minimum atomic E-state index is -0.534. The molecule has 0 spiro atoms. The fourth-order valence-corrected chi connectivity index (χ4v) is 11.6. The smallest absolute Gasteiger partial charge is 0.133 e. The van der Waals surface area contributed by atoms with Crippen LogP contribution in [-0.4, -0.2) is 0 Å². The summed E-state index contributed by atoms with van der Waals surface area (Å²) in [6.45, 7) is 0. The second-order valence-corrected chi connectivity index (χ2v) is 17.5. The van der Waals surface area contributed by atoms with Gasteiger partial charge < -0.3 is 9.32 Å². The molecule has 310 valence electrons. The molecule has 1 aromatic heterocycles. The highest BCUT2D eigenvalue weighted by atomic mass is 16.3. The Morgan fingerprint density at radius 1 is 0.318 bits per heavy atom. The van der Waals surface area contributed by atoms with Crippen LogP contribution in [0.4, 0.5) is 17.1 Å². The highest BCUT2D eigenvalue weighted by Crippen LogP contribution is 2.61. The SMILES string of the molecule is c1ccc(C2(c3ccccc3)c3ccccc3-c3cc(N(c4ccc(-c5ccc6occc6c5)cc4)c4cccc5c4-c4ccccc4C5(c4ccccc4)c4ccccc4)ccc32)cc1. The largest absolute Gasteiger partial charge is 0.464 e. The molecule has 2 heteroatoms. The number of anilines is 3. The summed E-state index contributed by atoms with van der Waals surface area (Å²) in [5, 5.41) is 1.09. The summed E-state index contributed by atoms with van der Waals surface area (Å²) in [6.07, 6.45) is 1.76. The van der Waals surface area contributed by atoms with Gasteiger partial charge in [0.1, 0.15) is 5.58 Å². The zero-order valence-electron chi connectivity index (χ0n) is 36.2. The quantitative estimate of drug-likeness (QED) is 0.152. The predicted molar refractivity (Wildman–Crippen MR) is 271 cm³/mol. The van der Waals surface area contributed by atoms with E-state index in [1.807, 2.05) is 6.07 Å². The van der Waals surface area contributed by atoms with Gasteiger partial charge in [-0.15, -0.1) is 0 Å². The summed E-state index contributed by atoms with van der Waals surface area (Å²) in [7, 11) is 0. The van der Waals surface area contributed by atoms with Gasteiger partial charge in [0.25, 0.3) is 0 Å². The zero-order valence-corrected chi connectivity index (χ0v) is 36.2. The minimum absolute atomic E-state index is 0.493. The van der Waals surface area contributed by atoms with E-state index in [1.165, 1.54) is 66.8 Å². The van der Waals surface area contributed by atoms with Crippen LogP contribution in [0.5, 0.6) is 0 Å². The number of nitrogens with zero attached hydrogens (tertiary/aromatic N) is 1. The monoisotopic (exact) mass is 841 g/mol. The van der Waals surface area contributed by atoms with Gasteiger partial charge in [-0.3, -0.25) is 0 Å². The number of rotatable bonds is 8. The Balaban J connectivity index is 1.08. The summed E-state index contributed by atoms with van der Waals surface area (Å²) >= 11 is 0. The fourth-order valence-electron chi connectivity index (χ4n) is 11.6. The molecule has 0 saturated carbocycles. The summed E-state index contributed by atoms with van der Waals surface area (Å²) in [6, 6.07) is 94.0. The molecule has 0 fully saturated rings. The molecule has 0 bridgehead atoms. The predicted octanol–water partition coefficient (Wildman–Crippen LogP) is 16.3. The number of hydrogen-bond acceptors (Lipinski definition) is 2. The Bertz CT molecular complexity index is 3490. The van der Waals surface area contributed by atoms with Gasteiger partial charge >= 0.3 is 0 Å². The van der Waals surface area contributed by atoms with Crippen LogP contribution in [0, 0.1) is 0 Å². The number of hydrogen-bond donors (Lipinski definition) is 0. The van der Waals surface area contributed by atoms with Crippen molar-refractivity contribution in [2.75, 3.05) is 4.90 Å². The molecular weight excluding hydrogens is 799 g/mol. The van der Waals surface area contributed by atoms with Gasteiger partial charge in [-0.25, -0.2) is 0 Å². The lowest BCUT2D eigenvalue weighted by Gasteiger charge is -2.35. The van der Waals surface area contributed by atoms with Gasteiger partial charge in [0.15, 0.2) is 0 Å². The normalized spacial score (nSPS) is 13.7. The van der Waals surface area contributed by atoms with Crippen LogP contribution in [0.15, 0.2) is 265 Å². The molecule has 0 saturated heterocycles. The molecule has 0 unspecified atom stereocenters. The summed E-state index contributed by atoms with van der Waals surface area (Å²) in [4.78, 5) is 2.50. The molecule has 10 aromatic carbocycles. The standard InChI is InChI=1S/C64H43NO/c1-5-18-47(19-6-1)63(48-20-7-2-8-21-48)56-28-15-13-26-53(56)55-43-52(37-38-58(55)63)65(51-35-32-44(33-36-51)45-34-39-61-46(42-45)40-41-66-61)60-31-17-30-59-62(60)54-27-14-16-29-57(54)64(59,49-22-9-3-10-23-49)50-24-11-4-12-25-50/h1-43H. The van der Waals surface area contributed by atoms with Crippen molar-refractivity contribution in [3.8, 4) is 33.4 Å². The third-order valence-corrected chi connectivity index (χ3v) is 14.3. The fraction of sp³-hybridized carbons (Fsp3) is 0.0312. The topological polar surface area (TPSA) is 16.4 Å². The van der Waals surface area contributed by atoms with Gasteiger partial charge in [0.2, 0.25) is 0 Å². The maximum atomic E-state index is 5.70. The lowest BCUT2D eigenvalue weighted by atomic mass is 9.67. The molecule has 11 aromatic rings. The Kier molecular flexibility index (Phi) is 8.69. The molecule has 2 aliphatic rings. The van der Waals surface area contributed by atoms with E-state index in [0.29, 0.717) is 0 Å². The van der Waals surface area contributed by atoms with Crippen molar-refractivity contribution < 1.29 is 4.42 Å². The van der Waals surface area contributed by atoms with Crippen molar-refractivity contribution in [1.29, 1.82) is 0 Å². The lowest BCUT2D eigenvalue weighted by molar-refractivity contribution is 0.616. The summed E-state index contributed by atoms with van der Waals surface area (Å²) in [5.41, 5.74) is 20.6. The van der Waals surface area contributed by atoms with E-state index in [4.69, 9.17) is 4.42 Å². The highest BCUT2D eigenvalue weighted by Gasteiger charge is 2.48. The first-order chi connectivity index (χ1) is 32.7. The van der Waals surface area contributed by atoms with Crippen LogP contribution >= 0.6 is 0 Å². The molecular formula is C64H43NO. The maximum absolute atomic E-state index is 5.70. The lowest BCUT2D eigenvalue weighted by Crippen LogP contribution is -2.28. The van der Waals surface area contributed by atoms with Gasteiger partial charge in [-0.05, 0) is 121 Å². The second-order valence-electron chi connectivity index (χ2n) is 17.5. The average Bonchev–Trinajstić information content (AvgIpc) is 4.08. The van der Waals surface area contributed by atoms with E-state index in [1.54, 1.807) is 6.26 Å². The van der Waals surface area contributed by atoms with Crippen molar-refractivity contribution in [3.63, 3.8) is 0 Å². The van der Waals surface area contributed by atoms with Gasteiger partial charge in [-0.1, -0.05) is 206 Å². The third-order valence-electron chi connectivity index (χ3n) is 14.3. The van der Waals surface area contributed by atoms with E-state index in [2.05, 4.69) is 254 Å². The Morgan fingerprint density at radius 3 is 1.42 bits per heavy atom. The van der Waals surface area contributed by atoms with Gasteiger partial charge in [0.05, 0.1) is 22.8 Å². The van der Waals surface area contributed by atoms with Crippen LogP contribution in [-0.2, 0) is 10.8 Å². The summed E-state index contributed by atoms with van der Waals surface area (Å²) in [5.74, 6) is 0.